The van der Waals surface area contributed by atoms with E-state index in [0.29, 0.717) is 24.4 Å². The fraction of sp³-hybridized carbons (Fsp3) is 0.308. The van der Waals surface area contributed by atoms with Crippen LogP contribution in [-0.4, -0.2) is 40.6 Å². The van der Waals surface area contributed by atoms with Crippen LogP contribution >= 0.6 is 11.3 Å². The van der Waals surface area contributed by atoms with E-state index in [1.807, 2.05) is 24.6 Å². The summed E-state index contributed by atoms with van der Waals surface area (Å²) >= 11 is 1.34. The molecule has 3 aromatic rings. The van der Waals surface area contributed by atoms with Gasteiger partial charge in [0, 0.05) is 35.7 Å². The second-order valence-corrected chi connectivity index (χ2v) is 9.26. The molecule has 0 saturated heterocycles. The second kappa shape index (κ2) is 11.6. The van der Waals surface area contributed by atoms with Gasteiger partial charge in [0.15, 0.2) is 6.61 Å². The molecule has 0 bridgehead atoms. The van der Waals surface area contributed by atoms with Crippen LogP contribution in [0.3, 0.4) is 0 Å². The molecule has 1 N–H and O–H groups in total. The smallest absolute Gasteiger partial charge is 0.331 e. The summed E-state index contributed by atoms with van der Waals surface area (Å²) < 4.78 is 7.05. The number of aryl methyl sites for hydroxylation is 2. The highest BCUT2D eigenvalue weighted by Crippen LogP contribution is 2.19. The molecule has 3 rings (SSSR count). The van der Waals surface area contributed by atoms with Crippen molar-refractivity contribution in [2.24, 2.45) is 0 Å². The van der Waals surface area contributed by atoms with E-state index in [-0.39, 0.29) is 18.3 Å². The van der Waals surface area contributed by atoms with Gasteiger partial charge in [-0.3, -0.25) is 14.3 Å². The van der Waals surface area contributed by atoms with E-state index in [1.54, 1.807) is 12.1 Å². The Morgan fingerprint density at radius 2 is 1.82 bits per heavy atom. The molecule has 0 atom stereocenters. The molecule has 0 fully saturated rings. The first kappa shape index (κ1) is 25.1. The average Bonchev–Trinajstić information content (AvgIpc) is 3.36. The third-order valence-electron chi connectivity index (χ3n) is 5.30. The van der Waals surface area contributed by atoms with Crippen LogP contribution in [-0.2, 0) is 27.3 Å². The summed E-state index contributed by atoms with van der Waals surface area (Å²) in [5.41, 5.74) is 4.98. The molecule has 8 heteroatoms. The van der Waals surface area contributed by atoms with Gasteiger partial charge in [0.1, 0.15) is 0 Å². The number of rotatable bonds is 10. The van der Waals surface area contributed by atoms with Crippen LogP contribution < -0.4 is 5.32 Å². The summed E-state index contributed by atoms with van der Waals surface area (Å²) in [6, 6.07) is 11.9. The number of esters is 1. The number of carbonyl (C=O) groups excluding carboxylic acids is 3. The zero-order chi connectivity index (χ0) is 24.7. The van der Waals surface area contributed by atoms with E-state index in [2.05, 4.69) is 41.6 Å². The molecule has 0 aliphatic rings. The molecule has 178 valence electrons. The third kappa shape index (κ3) is 6.99. The standard InChI is InChI=1S/C26H29N3O4S/c1-17-5-7-21(8-6-17)15-29-19(3)23(18(2)28-29)10-12-26(32)33-16-24(31)25-11-9-22(34-25)13-14-27-20(4)30/h5-12H,13-16H2,1-4H3,(H,27,30). The van der Waals surface area contributed by atoms with E-state index < -0.39 is 5.97 Å². The molecular weight excluding hydrogens is 450 g/mol. The lowest BCUT2D eigenvalue weighted by molar-refractivity contribution is -0.136. The molecule has 34 heavy (non-hydrogen) atoms. The molecule has 0 aliphatic heterocycles. The number of nitrogens with one attached hydrogen (secondary N) is 1. The quantitative estimate of drug-likeness (QED) is 0.269. The minimum absolute atomic E-state index is 0.0863. The summed E-state index contributed by atoms with van der Waals surface area (Å²) in [6.07, 6.45) is 3.66. The van der Waals surface area contributed by atoms with E-state index in [9.17, 15) is 14.4 Å². The van der Waals surface area contributed by atoms with Gasteiger partial charge in [-0.15, -0.1) is 11.3 Å². The maximum absolute atomic E-state index is 12.4. The van der Waals surface area contributed by atoms with Crippen LogP contribution in [0.5, 0.6) is 0 Å². The van der Waals surface area contributed by atoms with Gasteiger partial charge in [0.2, 0.25) is 11.7 Å². The molecule has 0 aliphatic carbocycles. The zero-order valence-electron chi connectivity index (χ0n) is 19.9. The summed E-state index contributed by atoms with van der Waals surface area (Å²) in [7, 11) is 0. The van der Waals surface area contributed by atoms with Crippen LogP contribution in [0.1, 0.15) is 49.6 Å². The molecule has 7 nitrogen and oxygen atoms in total. The van der Waals surface area contributed by atoms with Crippen LogP contribution in [0.4, 0.5) is 0 Å². The number of aromatic nitrogens is 2. The monoisotopic (exact) mass is 479 g/mol. The molecule has 2 heterocycles. The van der Waals surface area contributed by atoms with Gasteiger partial charge in [0.05, 0.1) is 17.1 Å². The number of amides is 1. The van der Waals surface area contributed by atoms with Gasteiger partial charge < -0.3 is 10.1 Å². The lowest BCUT2D eigenvalue weighted by Crippen LogP contribution is -2.22. The van der Waals surface area contributed by atoms with Gasteiger partial charge in [0.25, 0.3) is 0 Å². The summed E-state index contributed by atoms with van der Waals surface area (Å²) in [5.74, 6) is -0.923. The highest BCUT2D eigenvalue weighted by Gasteiger charge is 2.13. The van der Waals surface area contributed by atoms with Gasteiger partial charge >= 0.3 is 5.97 Å². The largest absolute Gasteiger partial charge is 0.454 e. The first-order valence-corrected chi connectivity index (χ1v) is 11.9. The van der Waals surface area contributed by atoms with E-state index in [4.69, 9.17) is 4.74 Å². The molecule has 0 unspecified atom stereocenters. The highest BCUT2D eigenvalue weighted by atomic mass is 32.1. The number of Topliss-reactive ketones (excluding diaryl/α,β-unsaturated/α-hetero) is 1. The number of thiophene rings is 1. The van der Waals surface area contributed by atoms with Crippen molar-refractivity contribution in [3.63, 3.8) is 0 Å². The lowest BCUT2D eigenvalue weighted by Gasteiger charge is -2.05. The van der Waals surface area contributed by atoms with Crippen LogP contribution in [0.2, 0.25) is 0 Å². The first-order chi connectivity index (χ1) is 16.2. The Balaban J connectivity index is 1.53. The molecular formula is C26H29N3O4S. The summed E-state index contributed by atoms with van der Waals surface area (Å²) in [4.78, 5) is 37.0. The van der Waals surface area contributed by atoms with Crippen molar-refractivity contribution in [1.82, 2.24) is 15.1 Å². The minimum atomic E-state index is -0.583. The van der Waals surface area contributed by atoms with Gasteiger partial charge in [-0.1, -0.05) is 29.8 Å². The van der Waals surface area contributed by atoms with Crippen molar-refractivity contribution in [2.45, 2.75) is 40.7 Å². The maximum atomic E-state index is 12.4. The number of carbonyl (C=O) groups is 3. The van der Waals surface area contributed by atoms with E-state index in [0.717, 1.165) is 27.4 Å². The fourth-order valence-corrected chi connectivity index (χ4v) is 4.34. The predicted octanol–water partition coefficient (Wildman–Crippen LogP) is 4.04. The number of hydrogen-bond acceptors (Lipinski definition) is 6. The van der Waals surface area contributed by atoms with Gasteiger partial charge in [-0.05, 0) is 51.0 Å². The molecule has 2 aromatic heterocycles. The molecule has 1 amide bonds. The van der Waals surface area contributed by atoms with E-state index in [1.165, 1.54) is 29.9 Å². The van der Waals surface area contributed by atoms with Crippen LogP contribution in [0, 0.1) is 20.8 Å². The first-order valence-electron chi connectivity index (χ1n) is 11.0. The Morgan fingerprint density at radius 3 is 2.53 bits per heavy atom. The van der Waals surface area contributed by atoms with Crippen molar-refractivity contribution in [1.29, 1.82) is 0 Å². The summed E-state index contributed by atoms with van der Waals surface area (Å²) in [6.45, 7) is 8.22. The van der Waals surface area contributed by atoms with E-state index >= 15 is 0 Å². The fourth-order valence-electron chi connectivity index (χ4n) is 3.40. The molecule has 0 radical (unpaired) electrons. The van der Waals surface area contributed by atoms with Crippen molar-refractivity contribution in [3.05, 3.63) is 80.3 Å². The van der Waals surface area contributed by atoms with Crippen molar-refractivity contribution >= 4 is 35.1 Å². The van der Waals surface area contributed by atoms with Gasteiger partial charge in [-0.25, -0.2) is 4.79 Å². The normalized spacial score (nSPS) is 11.1. The number of hydrogen-bond donors (Lipinski definition) is 1. The molecule has 0 spiro atoms. The lowest BCUT2D eigenvalue weighted by atomic mass is 10.1. The highest BCUT2D eigenvalue weighted by molar-refractivity contribution is 7.14. The van der Waals surface area contributed by atoms with Gasteiger partial charge in [-0.2, -0.15) is 5.10 Å². The van der Waals surface area contributed by atoms with Crippen molar-refractivity contribution in [2.75, 3.05) is 13.2 Å². The third-order valence-corrected chi connectivity index (χ3v) is 6.49. The average molecular weight is 480 g/mol. The SMILES string of the molecule is CC(=O)NCCc1ccc(C(=O)COC(=O)C=Cc2c(C)nn(Cc3ccc(C)cc3)c2C)s1. The Labute approximate surface area is 203 Å². The van der Waals surface area contributed by atoms with Crippen molar-refractivity contribution in [3.8, 4) is 0 Å². The van der Waals surface area contributed by atoms with Crippen LogP contribution in [0.15, 0.2) is 42.5 Å². The van der Waals surface area contributed by atoms with Crippen LogP contribution in [0.25, 0.3) is 6.08 Å². The maximum Gasteiger partial charge on any atom is 0.331 e. The summed E-state index contributed by atoms with van der Waals surface area (Å²) in [5, 5.41) is 7.31. The second-order valence-electron chi connectivity index (χ2n) is 8.09. The minimum Gasteiger partial charge on any atom is -0.454 e. The number of ether oxygens (including phenoxy) is 1. The Morgan fingerprint density at radius 1 is 1.09 bits per heavy atom. The molecule has 1 aromatic carbocycles. The zero-order valence-corrected chi connectivity index (χ0v) is 20.7. The Hall–Kier alpha value is -3.52. The topological polar surface area (TPSA) is 90.3 Å². The Bertz CT molecular complexity index is 1210. The predicted molar refractivity (Wildman–Crippen MR) is 133 cm³/mol. The Kier molecular flexibility index (Phi) is 8.54. The number of nitrogens with zero attached hydrogens (tertiary/aromatic N) is 2. The molecule has 0 saturated carbocycles. The van der Waals surface area contributed by atoms with Crippen molar-refractivity contribution < 1.29 is 19.1 Å². The number of benzene rings is 1. The number of ketones is 1.